The van der Waals surface area contributed by atoms with Crippen LogP contribution < -0.4 is 5.32 Å². The minimum absolute atomic E-state index is 0.0953. The van der Waals surface area contributed by atoms with Crippen LogP contribution in [0.3, 0.4) is 0 Å². The number of carbonyl (C=O) groups excluding carboxylic acids is 1. The number of aromatic nitrogens is 3. The summed E-state index contributed by atoms with van der Waals surface area (Å²) in [6.45, 7) is 1.62. The predicted octanol–water partition coefficient (Wildman–Crippen LogP) is 2.33. The summed E-state index contributed by atoms with van der Waals surface area (Å²) < 4.78 is 4.77. The highest BCUT2D eigenvalue weighted by Crippen LogP contribution is 2.28. The van der Waals surface area contributed by atoms with E-state index in [0.29, 0.717) is 19.6 Å². The van der Waals surface area contributed by atoms with E-state index in [1.165, 1.54) is 6.26 Å². The van der Waals surface area contributed by atoms with Crippen molar-refractivity contribution in [2.75, 3.05) is 6.54 Å². The highest BCUT2D eigenvalue weighted by Gasteiger charge is 2.25. The summed E-state index contributed by atoms with van der Waals surface area (Å²) in [6, 6.07) is 9.92. The van der Waals surface area contributed by atoms with Gasteiger partial charge >= 0.3 is 6.03 Å². The molecule has 0 bridgehead atoms. The van der Waals surface area contributed by atoms with Crippen molar-refractivity contribution in [3.63, 3.8) is 0 Å². The number of hydrogen-bond acceptors (Lipinski definition) is 4. The van der Waals surface area contributed by atoms with Gasteiger partial charge in [0.05, 0.1) is 18.4 Å². The van der Waals surface area contributed by atoms with E-state index in [-0.39, 0.29) is 6.03 Å². The molecule has 0 atom stereocenters. The minimum atomic E-state index is -0.0953. The number of aromatic amines is 1. The van der Waals surface area contributed by atoms with Gasteiger partial charge < -0.3 is 14.7 Å². The zero-order chi connectivity index (χ0) is 16.4. The van der Waals surface area contributed by atoms with Crippen LogP contribution >= 0.6 is 0 Å². The molecule has 24 heavy (non-hydrogen) atoms. The van der Waals surface area contributed by atoms with Crippen molar-refractivity contribution in [3.8, 4) is 11.3 Å². The van der Waals surface area contributed by atoms with Crippen LogP contribution in [0.1, 0.15) is 16.8 Å². The van der Waals surface area contributed by atoms with Crippen LogP contribution in [0, 0.1) is 0 Å². The molecule has 0 fully saturated rings. The third kappa shape index (κ3) is 2.76. The van der Waals surface area contributed by atoms with Gasteiger partial charge in [-0.3, -0.25) is 5.10 Å². The molecule has 4 rings (SSSR count). The first-order chi connectivity index (χ1) is 11.8. The highest BCUT2D eigenvalue weighted by atomic mass is 16.5. The molecule has 3 aromatic rings. The first-order valence-electron chi connectivity index (χ1n) is 7.84. The quantitative estimate of drug-likeness (QED) is 0.774. The number of amides is 2. The van der Waals surface area contributed by atoms with Gasteiger partial charge in [-0.1, -0.05) is 35.5 Å². The predicted molar refractivity (Wildman–Crippen MR) is 86.9 cm³/mol. The second kappa shape index (κ2) is 6.19. The van der Waals surface area contributed by atoms with Crippen molar-refractivity contribution in [2.45, 2.75) is 19.5 Å². The number of hydrogen-bond donors (Lipinski definition) is 2. The normalized spacial score (nSPS) is 13.6. The summed E-state index contributed by atoms with van der Waals surface area (Å²) in [5.74, 6) is 0. The second-order valence-electron chi connectivity index (χ2n) is 5.76. The fourth-order valence-electron chi connectivity index (χ4n) is 2.91. The van der Waals surface area contributed by atoms with E-state index >= 15 is 0 Å². The lowest BCUT2D eigenvalue weighted by Crippen LogP contribution is -2.42. The van der Waals surface area contributed by atoms with Crippen LogP contribution in [-0.2, 0) is 19.5 Å². The van der Waals surface area contributed by atoms with E-state index in [1.54, 1.807) is 11.1 Å². The summed E-state index contributed by atoms with van der Waals surface area (Å²) in [6.07, 6.45) is 3.90. The molecule has 0 spiro atoms. The number of urea groups is 1. The van der Waals surface area contributed by atoms with Gasteiger partial charge in [-0.05, 0) is 0 Å². The molecule has 0 saturated heterocycles. The van der Waals surface area contributed by atoms with E-state index in [2.05, 4.69) is 20.7 Å². The Morgan fingerprint density at radius 3 is 3.00 bits per heavy atom. The highest BCUT2D eigenvalue weighted by molar-refractivity contribution is 5.75. The number of fused-ring (bicyclic) bond motifs is 1. The molecule has 0 aliphatic carbocycles. The molecule has 2 N–H and O–H groups in total. The van der Waals surface area contributed by atoms with Crippen molar-refractivity contribution >= 4 is 6.03 Å². The van der Waals surface area contributed by atoms with E-state index in [4.69, 9.17) is 4.52 Å². The smallest absolute Gasteiger partial charge is 0.317 e. The van der Waals surface area contributed by atoms with Crippen LogP contribution in [0.25, 0.3) is 11.3 Å². The molecule has 2 aromatic heterocycles. The SMILES string of the molecule is O=C(NCc1cnoc1)N1CCc2[nH]nc(-c3ccccc3)c2C1. The van der Waals surface area contributed by atoms with Gasteiger partial charge in [0.2, 0.25) is 0 Å². The molecule has 2 amide bonds. The van der Waals surface area contributed by atoms with Crippen LogP contribution in [0.15, 0.2) is 47.3 Å². The molecular weight excluding hydrogens is 306 g/mol. The average molecular weight is 323 g/mol. The Morgan fingerprint density at radius 1 is 1.33 bits per heavy atom. The van der Waals surface area contributed by atoms with E-state index < -0.39 is 0 Å². The molecule has 0 unspecified atom stereocenters. The zero-order valence-corrected chi connectivity index (χ0v) is 13.0. The maximum atomic E-state index is 12.4. The third-order valence-corrected chi connectivity index (χ3v) is 4.20. The van der Waals surface area contributed by atoms with Gasteiger partial charge in [0.25, 0.3) is 0 Å². The number of H-pyrrole nitrogens is 1. The zero-order valence-electron chi connectivity index (χ0n) is 13.0. The lowest BCUT2D eigenvalue weighted by molar-refractivity contribution is 0.192. The average Bonchev–Trinajstić information content (AvgIpc) is 3.29. The van der Waals surface area contributed by atoms with Gasteiger partial charge in [-0.25, -0.2) is 4.79 Å². The lowest BCUT2D eigenvalue weighted by atomic mass is 10.0. The fourth-order valence-corrected chi connectivity index (χ4v) is 2.91. The number of rotatable bonds is 3. The van der Waals surface area contributed by atoms with Gasteiger partial charge in [0.1, 0.15) is 6.26 Å². The van der Waals surface area contributed by atoms with Gasteiger partial charge in [0.15, 0.2) is 0 Å². The molecule has 0 saturated carbocycles. The number of benzene rings is 1. The summed E-state index contributed by atoms with van der Waals surface area (Å²) >= 11 is 0. The molecule has 122 valence electrons. The Labute approximate surface area is 138 Å². The molecule has 7 nitrogen and oxygen atoms in total. The monoisotopic (exact) mass is 323 g/mol. The fraction of sp³-hybridized carbons (Fsp3) is 0.235. The van der Waals surface area contributed by atoms with Crippen molar-refractivity contribution in [1.82, 2.24) is 25.6 Å². The van der Waals surface area contributed by atoms with Crippen LogP contribution in [-0.4, -0.2) is 32.8 Å². The summed E-state index contributed by atoms with van der Waals surface area (Å²) in [7, 11) is 0. The van der Waals surface area contributed by atoms with Gasteiger partial charge in [-0.15, -0.1) is 0 Å². The summed E-state index contributed by atoms with van der Waals surface area (Å²) in [4.78, 5) is 14.2. The van der Waals surface area contributed by atoms with Crippen molar-refractivity contribution in [1.29, 1.82) is 0 Å². The summed E-state index contributed by atoms with van der Waals surface area (Å²) in [5, 5.41) is 14.1. The van der Waals surface area contributed by atoms with E-state index in [9.17, 15) is 4.79 Å². The van der Waals surface area contributed by atoms with Crippen LogP contribution in [0.5, 0.6) is 0 Å². The topological polar surface area (TPSA) is 87.0 Å². The largest absolute Gasteiger partial charge is 0.364 e. The Hall–Kier alpha value is -3.09. The summed E-state index contributed by atoms with van der Waals surface area (Å²) in [5.41, 5.74) is 5.02. The Kier molecular flexibility index (Phi) is 3.74. The lowest BCUT2D eigenvalue weighted by Gasteiger charge is -2.27. The number of nitrogens with one attached hydrogen (secondary N) is 2. The van der Waals surface area contributed by atoms with Crippen molar-refractivity contribution in [3.05, 3.63) is 59.6 Å². The molecular formula is C17H17N5O2. The Morgan fingerprint density at radius 2 is 2.21 bits per heavy atom. The van der Waals surface area contributed by atoms with Crippen molar-refractivity contribution in [2.24, 2.45) is 0 Å². The molecule has 1 aliphatic heterocycles. The van der Waals surface area contributed by atoms with Gasteiger partial charge in [0, 0.05) is 41.9 Å². The molecule has 1 aliphatic rings. The molecule has 3 heterocycles. The first-order valence-corrected chi connectivity index (χ1v) is 7.84. The standard InChI is InChI=1S/C17H17N5O2/c23-17(18-8-12-9-19-24-11-12)22-7-6-15-14(10-22)16(21-20-15)13-4-2-1-3-5-13/h1-5,9,11H,6-8,10H2,(H,18,23)(H,20,21). The first kappa shape index (κ1) is 14.5. The van der Waals surface area contributed by atoms with E-state index in [1.807, 2.05) is 30.3 Å². The maximum absolute atomic E-state index is 12.4. The Bertz CT molecular complexity index is 826. The van der Waals surface area contributed by atoms with Gasteiger partial charge in [-0.2, -0.15) is 5.10 Å². The molecule has 1 aromatic carbocycles. The van der Waals surface area contributed by atoms with Crippen LogP contribution in [0.4, 0.5) is 4.79 Å². The minimum Gasteiger partial charge on any atom is -0.364 e. The van der Waals surface area contributed by atoms with Crippen molar-refractivity contribution < 1.29 is 9.32 Å². The molecule has 7 heteroatoms. The van der Waals surface area contributed by atoms with Crippen LogP contribution in [0.2, 0.25) is 0 Å². The maximum Gasteiger partial charge on any atom is 0.317 e. The Balaban J connectivity index is 1.49. The van der Waals surface area contributed by atoms with E-state index in [0.717, 1.165) is 34.5 Å². The third-order valence-electron chi connectivity index (χ3n) is 4.20. The second-order valence-corrected chi connectivity index (χ2v) is 5.76. The molecule has 0 radical (unpaired) electrons. The number of carbonyl (C=O) groups is 1. The number of nitrogens with zero attached hydrogens (tertiary/aromatic N) is 3.